The van der Waals surface area contributed by atoms with Crippen molar-refractivity contribution >= 4 is 15.8 Å². The van der Waals surface area contributed by atoms with E-state index in [0.29, 0.717) is 6.42 Å². The van der Waals surface area contributed by atoms with E-state index < -0.39 is 9.84 Å². The van der Waals surface area contributed by atoms with E-state index in [-0.39, 0.29) is 16.9 Å². The molecule has 1 heterocycles. The van der Waals surface area contributed by atoms with Crippen LogP contribution in [-0.4, -0.2) is 29.4 Å². The van der Waals surface area contributed by atoms with Crippen LogP contribution in [0.3, 0.4) is 0 Å². The summed E-state index contributed by atoms with van der Waals surface area (Å²) in [6.45, 7) is 1.92. The van der Waals surface area contributed by atoms with Gasteiger partial charge in [-0.2, -0.15) is 4.98 Å². The third-order valence-corrected chi connectivity index (χ3v) is 3.14. The molecule has 0 aromatic carbocycles. The molecule has 0 amide bonds. The number of nitrogens with one attached hydrogen (secondary N) is 1. The molecule has 0 radical (unpaired) electrons. The third-order valence-electron chi connectivity index (χ3n) is 1.54. The largest absolute Gasteiger partial charge is 0.366 e. The molecule has 0 unspecified atom stereocenters. The van der Waals surface area contributed by atoms with Gasteiger partial charge < -0.3 is 5.73 Å². The normalized spacial score (nSPS) is 11.8. The van der Waals surface area contributed by atoms with Crippen LogP contribution in [0.4, 0.5) is 5.95 Å². The van der Waals surface area contributed by atoms with Crippen LogP contribution in [0.15, 0.2) is 5.16 Å². The first-order valence-corrected chi connectivity index (χ1v) is 5.62. The topological polar surface area (TPSA) is 102 Å². The summed E-state index contributed by atoms with van der Waals surface area (Å²) in [6, 6.07) is 0. The fraction of sp³-hybridized carbons (Fsp3) is 0.667. The maximum atomic E-state index is 11.4. The van der Waals surface area contributed by atoms with Gasteiger partial charge in [-0.1, -0.05) is 13.3 Å². The molecule has 0 aliphatic carbocycles. The molecular weight excluding hydrogens is 192 g/mol. The summed E-state index contributed by atoms with van der Waals surface area (Å²) in [6.07, 6.45) is 1.44. The number of nitrogens with two attached hydrogens (primary N) is 1. The first kappa shape index (κ1) is 9.97. The Morgan fingerprint density at radius 2 is 2.23 bits per heavy atom. The highest BCUT2D eigenvalue weighted by Crippen LogP contribution is 2.07. The Kier molecular flexibility index (Phi) is 2.86. The van der Waals surface area contributed by atoms with Gasteiger partial charge in [-0.3, -0.25) is 0 Å². The van der Waals surface area contributed by atoms with E-state index in [1.54, 1.807) is 0 Å². The molecule has 0 saturated heterocycles. The van der Waals surface area contributed by atoms with Gasteiger partial charge in [0.25, 0.3) is 0 Å². The number of sulfone groups is 1. The van der Waals surface area contributed by atoms with Gasteiger partial charge in [-0.05, 0) is 6.42 Å². The summed E-state index contributed by atoms with van der Waals surface area (Å²) in [5.41, 5.74) is 5.19. The Balaban J connectivity index is 2.82. The van der Waals surface area contributed by atoms with Crippen LogP contribution in [0.25, 0.3) is 0 Å². The maximum Gasteiger partial charge on any atom is 0.244 e. The maximum absolute atomic E-state index is 11.4. The van der Waals surface area contributed by atoms with Crippen LogP contribution in [0.1, 0.15) is 19.8 Å². The van der Waals surface area contributed by atoms with Crippen LogP contribution in [0, 0.1) is 0 Å². The molecule has 0 saturated carbocycles. The Morgan fingerprint density at radius 3 is 2.69 bits per heavy atom. The third kappa shape index (κ3) is 2.41. The van der Waals surface area contributed by atoms with E-state index in [2.05, 4.69) is 15.2 Å². The molecular formula is C6H12N4O2S. The molecule has 13 heavy (non-hydrogen) atoms. The number of hydrogen-bond donors (Lipinski definition) is 2. The zero-order valence-corrected chi connectivity index (χ0v) is 8.13. The van der Waals surface area contributed by atoms with Crippen LogP contribution >= 0.6 is 0 Å². The minimum atomic E-state index is -3.31. The lowest BCUT2D eigenvalue weighted by atomic mass is 10.4. The number of unbranched alkanes of at least 4 members (excludes halogenated alkanes) is 1. The summed E-state index contributed by atoms with van der Waals surface area (Å²) < 4.78 is 22.8. The van der Waals surface area contributed by atoms with Gasteiger partial charge >= 0.3 is 0 Å². The zero-order valence-electron chi connectivity index (χ0n) is 7.32. The molecule has 0 spiro atoms. The SMILES string of the molecule is CCCCS(=O)(=O)c1nc(N)n[nH]1. The summed E-state index contributed by atoms with van der Waals surface area (Å²) in [5.74, 6) is 0.0353. The van der Waals surface area contributed by atoms with Gasteiger partial charge in [-0.25, -0.2) is 13.5 Å². The highest BCUT2D eigenvalue weighted by Gasteiger charge is 2.17. The molecule has 1 rings (SSSR count). The molecule has 1 aromatic rings. The van der Waals surface area contributed by atoms with Gasteiger partial charge in [0.15, 0.2) is 0 Å². The summed E-state index contributed by atoms with van der Waals surface area (Å²) >= 11 is 0. The number of nitrogen functional groups attached to an aromatic ring is 1. The first-order valence-electron chi connectivity index (χ1n) is 3.97. The summed E-state index contributed by atoms with van der Waals surface area (Å²) in [4.78, 5) is 3.56. The molecule has 0 bridgehead atoms. The van der Waals surface area contributed by atoms with Crippen molar-refractivity contribution in [1.29, 1.82) is 0 Å². The number of aromatic nitrogens is 3. The monoisotopic (exact) mass is 204 g/mol. The average Bonchev–Trinajstić information content (AvgIpc) is 2.49. The van der Waals surface area contributed by atoms with Crippen molar-refractivity contribution in [2.24, 2.45) is 0 Å². The van der Waals surface area contributed by atoms with Crippen molar-refractivity contribution in [3.8, 4) is 0 Å². The lowest BCUT2D eigenvalue weighted by molar-refractivity contribution is 0.584. The number of anilines is 1. The van der Waals surface area contributed by atoms with Crippen LogP contribution < -0.4 is 5.73 Å². The number of aromatic amines is 1. The predicted octanol–water partition coefficient (Wildman–Crippen LogP) is -0.0393. The smallest absolute Gasteiger partial charge is 0.244 e. The molecule has 1 aromatic heterocycles. The number of hydrogen-bond acceptors (Lipinski definition) is 5. The van der Waals surface area contributed by atoms with E-state index in [9.17, 15) is 8.42 Å². The van der Waals surface area contributed by atoms with Crippen molar-refractivity contribution in [2.45, 2.75) is 24.9 Å². The van der Waals surface area contributed by atoms with Crippen molar-refractivity contribution in [1.82, 2.24) is 15.2 Å². The average molecular weight is 204 g/mol. The molecule has 7 heteroatoms. The molecule has 74 valence electrons. The van der Waals surface area contributed by atoms with E-state index >= 15 is 0 Å². The van der Waals surface area contributed by atoms with E-state index in [1.165, 1.54) is 0 Å². The highest BCUT2D eigenvalue weighted by atomic mass is 32.2. The van der Waals surface area contributed by atoms with Gasteiger partial charge in [0, 0.05) is 0 Å². The number of rotatable bonds is 4. The molecule has 0 aliphatic rings. The molecule has 0 fully saturated rings. The first-order chi connectivity index (χ1) is 6.06. The Hall–Kier alpha value is -1.11. The van der Waals surface area contributed by atoms with Crippen molar-refractivity contribution in [3.63, 3.8) is 0 Å². The van der Waals surface area contributed by atoms with Gasteiger partial charge in [0.2, 0.25) is 20.9 Å². The standard InChI is InChI=1S/C6H12N4O2S/c1-2-3-4-13(11,12)6-8-5(7)9-10-6/h2-4H2,1H3,(H3,7,8,9,10). The van der Waals surface area contributed by atoms with Gasteiger partial charge in [0.05, 0.1) is 5.75 Å². The van der Waals surface area contributed by atoms with Crippen molar-refractivity contribution in [3.05, 3.63) is 0 Å². The predicted molar refractivity (Wildman–Crippen MR) is 47.8 cm³/mol. The van der Waals surface area contributed by atoms with Crippen molar-refractivity contribution < 1.29 is 8.42 Å². The number of nitrogens with zero attached hydrogens (tertiary/aromatic N) is 2. The van der Waals surface area contributed by atoms with Crippen molar-refractivity contribution in [2.75, 3.05) is 11.5 Å². The quantitative estimate of drug-likeness (QED) is 0.716. The minimum absolute atomic E-state index is 0.0462. The second kappa shape index (κ2) is 3.73. The molecule has 6 nitrogen and oxygen atoms in total. The Labute approximate surface area is 76.5 Å². The van der Waals surface area contributed by atoms with E-state index in [4.69, 9.17) is 5.73 Å². The van der Waals surface area contributed by atoms with E-state index in [0.717, 1.165) is 6.42 Å². The van der Waals surface area contributed by atoms with Crippen LogP contribution in [0.5, 0.6) is 0 Å². The zero-order chi connectivity index (χ0) is 9.90. The Bertz CT molecular complexity index is 370. The van der Waals surface area contributed by atoms with Gasteiger partial charge in [0.1, 0.15) is 0 Å². The molecule has 3 N–H and O–H groups in total. The fourth-order valence-corrected chi connectivity index (χ4v) is 2.11. The number of H-pyrrole nitrogens is 1. The summed E-state index contributed by atoms with van der Waals surface area (Å²) in [7, 11) is -3.31. The lowest BCUT2D eigenvalue weighted by Crippen LogP contribution is -2.08. The fourth-order valence-electron chi connectivity index (χ4n) is 0.829. The van der Waals surface area contributed by atoms with Crippen LogP contribution in [-0.2, 0) is 9.84 Å². The minimum Gasteiger partial charge on any atom is -0.366 e. The molecule has 0 aliphatic heterocycles. The van der Waals surface area contributed by atoms with Gasteiger partial charge in [-0.15, -0.1) is 5.10 Å². The Morgan fingerprint density at radius 1 is 1.54 bits per heavy atom. The second-order valence-electron chi connectivity index (χ2n) is 2.67. The highest BCUT2D eigenvalue weighted by molar-refractivity contribution is 7.91. The van der Waals surface area contributed by atoms with E-state index in [1.807, 2.05) is 6.92 Å². The second-order valence-corrected chi connectivity index (χ2v) is 4.70. The summed E-state index contributed by atoms with van der Waals surface area (Å²) in [5, 5.41) is 5.59. The molecule has 0 atom stereocenters. The van der Waals surface area contributed by atoms with Crippen LogP contribution in [0.2, 0.25) is 0 Å². The lowest BCUT2D eigenvalue weighted by Gasteiger charge is -1.96.